The molecular formula is C6H3Cl2O2. The van der Waals surface area contributed by atoms with Crippen molar-refractivity contribution in [1.29, 1.82) is 0 Å². The Balaban J connectivity index is 3.34. The molecular weight excluding hydrogens is 175 g/mol. The normalized spacial score (nSPS) is 9.80. The van der Waals surface area contributed by atoms with Crippen LogP contribution in [0, 0.1) is 0 Å². The van der Waals surface area contributed by atoms with Crippen molar-refractivity contribution < 1.29 is 10.2 Å². The molecule has 0 aliphatic rings. The van der Waals surface area contributed by atoms with E-state index in [1.807, 2.05) is 0 Å². The highest BCUT2D eigenvalue weighted by Gasteiger charge is 2.08. The highest BCUT2D eigenvalue weighted by atomic mass is 35.5. The Kier molecular flexibility index (Phi) is 1.92. The lowest BCUT2D eigenvalue weighted by molar-refractivity contribution is 0.354. The van der Waals surface area contributed by atoms with Gasteiger partial charge in [0.2, 0.25) is 0 Å². The van der Waals surface area contributed by atoms with Gasteiger partial charge in [-0.3, -0.25) is 5.11 Å². The van der Waals surface area contributed by atoms with Gasteiger partial charge < -0.3 is 5.11 Å². The van der Waals surface area contributed by atoms with E-state index in [0.717, 1.165) is 6.07 Å². The Hall–Kier alpha value is -0.600. The zero-order valence-corrected chi connectivity index (χ0v) is 6.28. The Morgan fingerprint density at radius 2 is 1.80 bits per heavy atom. The molecule has 1 aromatic rings. The van der Waals surface area contributed by atoms with Gasteiger partial charge in [-0.05, 0) is 12.1 Å². The van der Waals surface area contributed by atoms with Crippen LogP contribution in [-0.2, 0) is 5.11 Å². The summed E-state index contributed by atoms with van der Waals surface area (Å²) in [5.41, 5.74) is 0. The maximum Gasteiger partial charge on any atom is 0.198 e. The van der Waals surface area contributed by atoms with Crippen LogP contribution in [0.4, 0.5) is 0 Å². The molecule has 0 saturated carbocycles. The summed E-state index contributed by atoms with van der Waals surface area (Å²) >= 11 is 10.8. The average Bonchev–Trinajstić information content (AvgIpc) is 1.93. The number of benzene rings is 1. The van der Waals surface area contributed by atoms with Crippen molar-refractivity contribution in [3.8, 4) is 11.5 Å². The summed E-state index contributed by atoms with van der Waals surface area (Å²) in [4.78, 5) is 0. The van der Waals surface area contributed by atoms with E-state index in [2.05, 4.69) is 0 Å². The first kappa shape index (κ1) is 7.51. The van der Waals surface area contributed by atoms with Crippen LogP contribution >= 0.6 is 23.2 Å². The fourth-order valence-corrected chi connectivity index (χ4v) is 0.837. The van der Waals surface area contributed by atoms with Crippen molar-refractivity contribution >= 4 is 23.2 Å². The Labute approximate surface area is 67.6 Å². The molecule has 1 aromatic carbocycles. The summed E-state index contributed by atoms with van der Waals surface area (Å²) in [5, 5.41) is 19.3. The molecule has 0 saturated heterocycles. The first-order valence-corrected chi connectivity index (χ1v) is 3.22. The lowest BCUT2D eigenvalue weighted by Crippen LogP contribution is -1.70. The highest BCUT2D eigenvalue weighted by molar-refractivity contribution is 6.43. The molecule has 1 radical (unpaired) electrons. The zero-order valence-electron chi connectivity index (χ0n) is 4.77. The summed E-state index contributed by atoms with van der Waals surface area (Å²) in [7, 11) is 0. The van der Waals surface area contributed by atoms with Crippen LogP contribution in [0.15, 0.2) is 12.1 Å². The predicted molar refractivity (Wildman–Crippen MR) is 38.3 cm³/mol. The number of hydrogen-bond donors (Lipinski definition) is 1. The van der Waals surface area contributed by atoms with E-state index in [4.69, 9.17) is 28.3 Å². The minimum atomic E-state index is -0.385. The second-order valence-electron chi connectivity index (χ2n) is 1.71. The fourth-order valence-electron chi connectivity index (χ4n) is 0.522. The van der Waals surface area contributed by atoms with Crippen molar-refractivity contribution in [1.82, 2.24) is 0 Å². The Morgan fingerprint density at radius 1 is 1.20 bits per heavy atom. The van der Waals surface area contributed by atoms with Crippen LogP contribution in [-0.4, -0.2) is 5.11 Å². The number of rotatable bonds is 0. The van der Waals surface area contributed by atoms with Crippen molar-refractivity contribution in [2.24, 2.45) is 0 Å². The summed E-state index contributed by atoms with van der Waals surface area (Å²) in [5.74, 6) is -0.560. The standard InChI is InChI=1S/C6H3Cl2O2/c7-5-3(9)1-2-4(10)6(5)8/h1-2,9H. The van der Waals surface area contributed by atoms with Crippen molar-refractivity contribution in [2.45, 2.75) is 0 Å². The molecule has 53 valence electrons. The molecule has 0 amide bonds. The van der Waals surface area contributed by atoms with Gasteiger partial charge >= 0.3 is 0 Å². The van der Waals surface area contributed by atoms with Gasteiger partial charge in [0, 0.05) is 0 Å². The van der Waals surface area contributed by atoms with Crippen LogP contribution in [0.25, 0.3) is 0 Å². The van der Waals surface area contributed by atoms with Gasteiger partial charge in [0.25, 0.3) is 0 Å². The second kappa shape index (κ2) is 2.56. The largest absolute Gasteiger partial charge is 0.506 e. The van der Waals surface area contributed by atoms with Gasteiger partial charge in [0.05, 0.1) is 0 Å². The summed E-state index contributed by atoms with van der Waals surface area (Å²) in [6, 6.07) is 2.36. The van der Waals surface area contributed by atoms with E-state index in [1.54, 1.807) is 0 Å². The van der Waals surface area contributed by atoms with Gasteiger partial charge in [-0.1, -0.05) is 23.2 Å². The first-order valence-electron chi connectivity index (χ1n) is 2.47. The first-order chi connectivity index (χ1) is 4.63. The number of phenols is 1. The van der Waals surface area contributed by atoms with Gasteiger partial charge in [-0.15, -0.1) is 0 Å². The monoisotopic (exact) mass is 177 g/mol. The molecule has 2 nitrogen and oxygen atoms in total. The van der Waals surface area contributed by atoms with Gasteiger partial charge in [0.15, 0.2) is 5.75 Å². The maximum absolute atomic E-state index is 10.7. The fraction of sp³-hybridized carbons (Fsp3) is 0. The number of hydrogen-bond acceptors (Lipinski definition) is 1. The molecule has 1 N–H and O–H groups in total. The molecule has 0 fully saturated rings. The SMILES string of the molecule is [O]c1ccc(O)c(Cl)c1Cl. The van der Waals surface area contributed by atoms with Crippen LogP contribution in [0.1, 0.15) is 0 Å². The third-order valence-corrected chi connectivity index (χ3v) is 1.88. The Morgan fingerprint density at radius 3 is 2.30 bits per heavy atom. The maximum atomic E-state index is 10.7. The molecule has 0 aliphatic carbocycles. The topological polar surface area (TPSA) is 40.1 Å². The van der Waals surface area contributed by atoms with Crippen LogP contribution in [0.2, 0.25) is 10.0 Å². The average molecular weight is 178 g/mol. The Bertz CT molecular complexity index is 233. The molecule has 0 atom stereocenters. The lowest BCUT2D eigenvalue weighted by Gasteiger charge is -1.97. The third kappa shape index (κ3) is 1.13. The molecule has 0 bridgehead atoms. The second-order valence-corrected chi connectivity index (χ2v) is 2.47. The number of halogens is 2. The van der Waals surface area contributed by atoms with Crippen LogP contribution in [0.3, 0.4) is 0 Å². The molecule has 0 aromatic heterocycles. The molecule has 10 heavy (non-hydrogen) atoms. The summed E-state index contributed by atoms with van der Waals surface area (Å²) in [6.07, 6.45) is 0. The smallest absolute Gasteiger partial charge is 0.198 e. The van der Waals surface area contributed by atoms with E-state index in [9.17, 15) is 5.11 Å². The number of aromatic hydroxyl groups is 1. The molecule has 0 aliphatic heterocycles. The molecule has 1 rings (SSSR count). The van der Waals surface area contributed by atoms with E-state index in [0.29, 0.717) is 0 Å². The van der Waals surface area contributed by atoms with E-state index >= 15 is 0 Å². The summed E-state index contributed by atoms with van der Waals surface area (Å²) < 4.78 is 0. The van der Waals surface area contributed by atoms with E-state index in [-0.39, 0.29) is 21.5 Å². The van der Waals surface area contributed by atoms with Gasteiger partial charge in [-0.2, -0.15) is 0 Å². The van der Waals surface area contributed by atoms with Crippen LogP contribution in [0.5, 0.6) is 11.5 Å². The van der Waals surface area contributed by atoms with Gasteiger partial charge in [-0.25, -0.2) is 0 Å². The van der Waals surface area contributed by atoms with Crippen molar-refractivity contribution in [2.75, 3.05) is 0 Å². The molecule has 0 spiro atoms. The lowest BCUT2D eigenvalue weighted by atomic mass is 10.3. The number of phenolic OH excluding ortho intramolecular Hbond substituents is 1. The third-order valence-electron chi connectivity index (χ3n) is 1.03. The van der Waals surface area contributed by atoms with Crippen molar-refractivity contribution in [3.63, 3.8) is 0 Å². The minimum absolute atomic E-state index is 0.0887. The van der Waals surface area contributed by atoms with E-state index in [1.165, 1.54) is 6.07 Å². The highest BCUT2D eigenvalue weighted by Crippen LogP contribution is 2.37. The molecule has 4 heteroatoms. The molecule has 0 unspecified atom stereocenters. The summed E-state index contributed by atoms with van der Waals surface area (Å²) in [6.45, 7) is 0. The zero-order chi connectivity index (χ0) is 7.72. The molecule has 0 heterocycles. The minimum Gasteiger partial charge on any atom is -0.506 e. The predicted octanol–water partition coefficient (Wildman–Crippen LogP) is 2.84. The quantitative estimate of drug-likeness (QED) is 0.651. The van der Waals surface area contributed by atoms with E-state index < -0.39 is 0 Å². The van der Waals surface area contributed by atoms with Crippen molar-refractivity contribution in [3.05, 3.63) is 22.2 Å². The van der Waals surface area contributed by atoms with Gasteiger partial charge in [0.1, 0.15) is 15.8 Å². The van der Waals surface area contributed by atoms with Crippen LogP contribution < -0.4 is 0 Å².